The lowest BCUT2D eigenvalue weighted by Gasteiger charge is -2.08. The summed E-state index contributed by atoms with van der Waals surface area (Å²) in [6.07, 6.45) is 1.37. The van der Waals surface area contributed by atoms with E-state index in [2.05, 4.69) is 10.5 Å². The average Bonchev–Trinajstić information content (AvgIpc) is 2.75. The number of rotatable bonds is 7. The van der Waals surface area contributed by atoms with Crippen LogP contribution in [0.4, 0.5) is 0 Å². The zero-order valence-corrected chi connectivity index (χ0v) is 17.1. The third kappa shape index (κ3) is 6.07. The van der Waals surface area contributed by atoms with Gasteiger partial charge in [-0.3, -0.25) is 4.79 Å². The lowest BCUT2D eigenvalue weighted by molar-refractivity contribution is -0.123. The zero-order chi connectivity index (χ0) is 21.3. The molecule has 0 aliphatic rings. The highest BCUT2D eigenvalue weighted by atomic mass is 35.5. The largest absolute Gasteiger partial charge is 0.482 e. The molecule has 0 fully saturated rings. The van der Waals surface area contributed by atoms with Gasteiger partial charge in [-0.25, -0.2) is 10.2 Å². The Morgan fingerprint density at radius 3 is 2.30 bits per heavy atom. The van der Waals surface area contributed by atoms with Crippen LogP contribution in [0.5, 0.6) is 11.5 Å². The van der Waals surface area contributed by atoms with E-state index in [-0.39, 0.29) is 6.61 Å². The Kier molecular flexibility index (Phi) is 7.43. The molecule has 1 N–H and O–H groups in total. The number of amides is 1. The maximum absolute atomic E-state index is 12.3. The summed E-state index contributed by atoms with van der Waals surface area (Å²) in [6.45, 7) is -0.256. The number of nitrogens with one attached hydrogen (secondary N) is 1. The first-order chi connectivity index (χ1) is 14.5. The predicted octanol–water partition coefficient (Wildman–Crippen LogP) is 4.74. The van der Waals surface area contributed by atoms with E-state index in [0.717, 1.165) is 0 Å². The summed E-state index contributed by atoms with van der Waals surface area (Å²) in [5.41, 5.74) is 3.21. The van der Waals surface area contributed by atoms with Crippen LogP contribution in [0.15, 0.2) is 77.9 Å². The van der Waals surface area contributed by atoms with Gasteiger partial charge in [-0.15, -0.1) is 0 Å². The van der Waals surface area contributed by atoms with E-state index >= 15 is 0 Å². The molecule has 0 spiro atoms. The van der Waals surface area contributed by atoms with Crippen LogP contribution in [-0.2, 0) is 4.79 Å². The van der Waals surface area contributed by atoms with Crippen LogP contribution in [0.25, 0.3) is 0 Å². The fourth-order valence-corrected chi connectivity index (χ4v) is 2.65. The molecule has 8 heteroatoms. The zero-order valence-electron chi connectivity index (χ0n) is 15.5. The van der Waals surface area contributed by atoms with E-state index in [1.807, 2.05) is 0 Å². The lowest BCUT2D eigenvalue weighted by Crippen LogP contribution is -2.24. The second-order valence-electron chi connectivity index (χ2n) is 5.95. The standard InChI is InChI=1S/C22H16Cl2N2O4/c23-17-11-9-15(10-12-17)22(28)30-19-7-3-1-5-16(19)13-25-26-21(27)14-29-20-8-4-2-6-18(20)24/h1-13H,14H2,(H,26,27)/b25-13-. The minimum Gasteiger partial charge on any atom is -0.482 e. The number of benzene rings is 3. The molecule has 0 saturated heterocycles. The maximum Gasteiger partial charge on any atom is 0.343 e. The van der Waals surface area contributed by atoms with Crippen molar-refractivity contribution in [3.8, 4) is 11.5 Å². The van der Waals surface area contributed by atoms with Crippen LogP contribution in [0.1, 0.15) is 15.9 Å². The molecule has 0 bridgehead atoms. The number of para-hydroxylation sites is 2. The van der Waals surface area contributed by atoms with Crippen LogP contribution >= 0.6 is 23.2 Å². The van der Waals surface area contributed by atoms with Gasteiger partial charge in [-0.1, -0.05) is 47.5 Å². The summed E-state index contributed by atoms with van der Waals surface area (Å²) in [5, 5.41) is 4.81. The number of nitrogens with zero attached hydrogens (tertiary/aromatic N) is 1. The molecule has 0 aliphatic heterocycles. The topological polar surface area (TPSA) is 77.0 Å². The molecule has 0 radical (unpaired) electrons. The smallest absolute Gasteiger partial charge is 0.343 e. The molecule has 0 atom stereocenters. The molecule has 0 unspecified atom stereocenters. The number of hydrogen-bond acceptors (Lipinski definition) is 5. The Bertz CT molecular complexity index is 1070. The molecule has 30 heavy (non-hydrogen) atoms. The monoisotopic (exact) mass is 442 g/mol. The number of hydrogen-bond donors (Lipinski definition) is 1. The van der Waals surface area contributed by atoms with E-state index in [1.165, 1.54) is 6.21 Å². The molecular formula is C22H16Cl2N2O4. The highest BCUT2D eigenvalue weighted by Crippen LogP contribution is 2.23. The highest BCUT2D eigenvalue weighted by Gasteiger charge is 2.11. The Hall–Kier alpha value is -3.35. The maximum atomic E-state index is 12.3. The normalized spacial score (nSPS) is 10.6. The van der Waals surface area contributed by atoms with Crippen LogP contribution in [0.3, 0.4) is 0 Å². The summed E-state index contributed by atoms with van der Waals surface area (Å²) in [5.74, 6) is -0.313. The number of ether oxygens (including phenoxy) is 2. The van der Waals surface area contributed by atoms with Gasteiger partial charge in [0.2, 0.25) is 0 Å². The van der Waals surface area contributed by atoms with Crippen molar-refractivity contribution < 1.29 is 19.1 Å². The number of carbonyl (C=O) groups excluding carboxylic acids is 2. The first-order valence-corrected chi connectivity index (χ1v) is 9.54. The molecule has 3 aromatic carbocycles. The molecule has 0 heterocycles. The van der Waals surface area contributed by atoms with Crippen LogP contribution in [0.2, 0.25) is 10.0 Å². The summed E-state index contributed by atoms with van der Waals surface area (Å²) in [6, 6.07) is 20.0. The average molecular weight is 443 g/mol. The van der Waals surface area contributed by atoms with Gasteiger partial charge in [-0.05, 0) is 48.5 Å². The number of hydrazone groups is 1. The van der Waals surface area contributed by atoms with Gasteiger partial charge < -0.3 is 9.47 Å². The molecule has 6 nitrogen and oxygen atoms in total. The Morgan fingerprint density at radius 1 is 0.900 bits per heavy atom. The van der Waals surface area contributed by atoms with Gasteiger partial charge in [0.05, 0.1) is 16.8 Å². The van der Waals surface area contributed by atoms with Crippen LogP contribution in [0, 0.1) is 0 Å². The number of esters is 1. The molecule has 0 aromatic heterocycles. The first-order valence-electron chi connectivity index (χ1n) is 8.79. The van der Waals surface area contributed by atoms with Crippen molar-refractivity contribution in [1.29, 1.82) is 0 Å². The van der Waals surface area contributed by atoms with Gasteiger partial charge in [0.15, 0.2) is 6.61 Å². The first kappa shape index (κ1) is 21.4. The van der Waals surface area contributed by atoms with Gasteiger partial charge >= 0.3 is 5.97 Å². The SMILES string of the molecule is O=C(COc1ccccc1Cl)N/N=C\c1ccccc1OC(=O)c1ccc(Cl)cc1. The van der Waals surface area contributed by atoms with Crippen molar-refractivity contribution in [2.75, 3.05) is 6.61 Å². The van der Waals surface area contributed by atoms with Crippen molar-refractivity contribution in [3.63, 3.8) is 0 Å². The second kappa shape index (κ2) is 10.4. The van der Waals surface area contributed by atoms with Crippen LogP contribution < -0.4 is 14.9 Å². The van der Waals surface area contributed by atoms with Crippen LogP contribution in [-0.4, -0.2) is 24.7 Å². The predicted molar refractivity (Wildman–Crippen MR) is 116 cm³/mol. The second-order valence-corrected chi connectivity index (χ2v) is 6.79. The molecule has 3 aromatic rings. The Labute approximate surface area is 183 Å². The lowest BCUT2D eigenvalue weighted by atomic mass is 10.2. The molecule has 0 aliphatic carbocycles. The van der Waals surface area contributed by atoms with E-state index in [4.69, 9.17) is 32.7 Å². The summed E-state index contributed by atoms with van der Waals surface area (Å²) < 4.78 is 10.8. The number of halogens is 2. The molecule has 1 amide bonds. The van der Waals surface area contributed by atoms with Gasteiger partial charge in [0.25, 0.3) is 5.91 Å². The molecule has 0 saturated carbocycles. The van der Waals surface area contributed by atoms with E-state index < -0.39 is 11.9 Å². The minimum absolute atomic E-state index is 0.256. The van der Waals surface area contributed by atoms with Crippen molar-refractivity contribution in [2.45, 2.75) is 0 Å². The highest BCUT2D eigenvalue weighted by molar-refractivity contribution is 6.32. The van der Waals surface area contributed by atoms with E-state index in [0.29, 0.717) is 32.7 Å². The van der Waals surface area contributed by atoms with Crippen molar-refractivity contribution in [1.82, 2.24) is 5.43 Å². The quantitative estimate of drug-likeness (QED) is 0.248. The van der Waals surface area contributed by atoms with Crippen molar-refractivity contribution in [3.05, 3.63) is 94.0 Å². The fraction of sp³-hybridized carbons (Fsp3) is 0.0455. The summed E-state index contributed by atoms with van der Waals surface area (Å²) in [7, 11) is 0. The Balaban J connectivity index is 1.58. The number of carbonyl (C=O) groups is 2. The molecule has 152 valence electrons. The minimum atomic E-state index is -0.537. The van der Waals surface area contributed by atoms with E-state index in [1.54, 1.807) is 72.8 Å². The Morgan fingerprint density at radius 2 is 1.57 bits per heavy atom. The molecular weight excluding hydrogens is 427 g/mol. The van der Waals surface area contributed by atoms with Gasteiger partial charge in [0.1, 0.15) is 11.5 Å². The van der Waals surface area contributed by atoms with Gasteiger partial charge in [-0.2, -0.15) is 5.10 Å². The van der Waals surface area contributed by atoms with Crippen molar-refractivity contribution in [2.24, 2.45) is 5.10 Å². The fourth-order valence-electron chi connectivity index (χ4n) is 2.34. The third-order valence-corrected chi connectivity index (χ3v) is 4.35. The van der Waals surface area contributed by atoms with E-state index in [9.17, 15) is 9.59 Å². The van der Waals surface area contributed by atoms with Crippen molar-refractivity contribution >= 4 is 41.3 Å². The summed E-state index contributed by atoms with van der Waals surface area (Å²) in [4.78, 5) is 24.2. The van der Waals surface area contributed by atoms with Gasteiger partial charge in [0, 0.05) is 10.6 Å². The molecule has 3 rings (SSSR count). The third-order valence-electron chi connectivity index (χ3n) is 3.79. The summed E-state index contributed by atoms with van der Waals surface area (Å²) >= 11 is 11.8.